The van der Waals surface area contributed by atoms with Crippen molar-refractivity contribution < 1.29 is 4.42 Å². The molecule has 0 saturated carbocycles. The molecule has 1 rings (SSSR count). The van der Waals surface area contributed by atoms with E-state index >= 15 is 0 Å². The molecule has 0 saturated heterocycles. The van der Waals surface area contributed by atoms with E-state index in [1.165, 1.54) is 5.56 Å². The Morgan fingerprint density at radius 1 is 1.67 bits per heavy atom. The maximum Gasteiger partial charge on any atom is 0.101 e. The number of nitrogens with one attached hydrogen (secondary N) is 1. The van der Waals surface area contributed by atoms with E-state index in [-0.39, 0.29) is 0 Å². The Morgan fingerprint density at radius 3 is 2.89 bits per heavy atom. The van der Waals surface area contributed by atoms with Crippen molar-refractivity contribution in [2.24, 2.45) is 0 Å². The van der Waals surface area contributed by atoms with Crippen LogP contribution in [0.15, 0.2) is 16.7 Å². The normalized spacial score (nSPS) is 10.0. The first-order valence-corrected chi connectivity index (χ1v) is 3.01. The average molecular weight is 125 g/mol. The third kappa shape index (κ3) is 1.57. The maximum absolute atomic E-state index is 5.08. The van der Waals surface area contributed by atoms with Gasteiger partial charge in [-0.1, -0.05) is 0 Å². The summed E-state index contributed by atoms with van der Waals surface area (Å²) in [7, 11) is 1.92. The molecule has 1 aromatic rings. The zero-order chi connectivity index (χ0) is 6.69. The zero-order valence-electron chi connectivity index (χ0n) is 5.77. The molecule has 0 amide bonds. The smallest absolute Gasteiger partial charge is 0.101 e. The van der Waals surface area contributed by atoms with Crippen LogP contribution in [0.3, 0.4) is 0 Å². The van der Waals surface area contributed by atoms with Gasteiger partial charge in [-0.2, -0.15) is 0 Å². The number of rotatable bonds is 2. The van der Waals surface area contributed by atoms with Crippen molar-refractivity contribution in [1.29, 1.82) is 0 Å². The number of aryl methyl sites for hydroxylation is 1. The molecule has 0 fully saturated rings. The lowest BCUT2D eigenvalue weighted by Gasteiger charge is -1.88. The molecule has 0 spiro atoms. The first kappa shape index (κ1) is 6.36. The van der Waals surface area contributed by atoms with Gasteiger partial charge in [0, 0.05) is 12.1 Å². The molecule has 0 aromatic carbocycles. The summed E-state index contributed by atoms with van der Waals surface area (Å²) in [6.07, 6.45) is 1.77. The van der Waals surface area contributed by atoms with Crippen LogP contribution in [0, 0.1) is 6.92 Å². The summed E-state index contributed by atoms with van der Waals surface area (Å²) >= 11 is 0. The van der Waals surface area contributed by atoms with Gasteiger partial charge < -0.3 is 9.73 Å². The van der Waals surface area contributed by atoms with Crippen molar-refractivity contribution in [3.8, 4) is 0 Å². The zero-order valence-corrected chi connectivity index (χ0v) is 5.77. The van der Waals surface area contributed by atoms with E-state index in [1.54, 1.807) is 6.26 Å². The molecule has 0 bridgehead atoms. The van der Waals surface area contributed by atoms with Crippen LogP contribution in [-0.4, -0.2) is 7.05 Å². The van der Waals surface area contributed by atoms with Crippen molar-refractivity contribution in [2.75, 3.05) is 7.05 Å². The molecule has 1 aromatic heterocycles. The topological polar surface area (TPSA) is 25.2 Å². The molecular weight excluding hydrogens is 114 g/mol. The van der Waals surface area contributed by atoms with Gasteiger partial charge in [0.15, 0.2) is 0 Å². The highest BCUT2D eigenvalue weighted by atomic mass is 16.3. The minimum Gasteiger partial charge on any atom is -0.469 e. The van der Waals surface area contributed by atoms with Crippen molar-refractivity contribution in [2.45, 2.75) is 13.5 Å². The van der Waals surface area contributed by atoms with Crippen LogP contribution in [-0.2, 0) is 6.54 Å². The van der Waals surface area contributed by atoms with Gasteiger partial charge in [0.2, 0.25) is 0 Å². The minimum absolute atomic E-state index is 0.886. The Kier molecular flexibility index (Phi) is 1.90. The number of hydrogen-bond donors (Lipinski definition) is 1. The van der Waals surface area contributed by atoms with Crippen LogP contribution < -0.4 is 5.32 Å². The second kappa shape index (κ2) is 2.69. The van der Waals surface area contributed by atoms with E-state index in [0.717, 1.165) is 12.3 Å². The van der Waals surface area contributed by atoms with Crippen molar-refractivity contribution in [1.82, 2.24) is 5.32 Å². The molecule has 1 N–H and O–H groups in total. The van der Waals surface area contributed by atoms with Crippen molar-refractivity contribution >= 4 is 0 Å². The SMILES string of the molecule is CNCc1coc(C)c1. The number of hydrogen-bond acceptors (Lipinski definition) is 2. The monoisotopic (exact) mass is 125 g/mol. The highest BCUT2D eigenvalue weighted by Crippen LogP contribution is 2.04. The summed E-state index contributed by atoms with van der Waals surface area (Å²) in [5, 5.41) is 3.04. The van der Waals surface area contributed by atoms with Gasteiger partial charge in [-0.15, -0.1) is 0 Å². The lowest BCUT2D eigenvalue weighted by atomic mass is 10.3. The molecule has 0 atom stereocenters. The Balaban J connectivity index is 2.61. The van der Waals surface area contributed by atoms with E-state index in [1.807, 2.05) is 20.0 Å². The van der Waals surface area contributed by atoms with Gasteiger partial charge in [0.1, 0.15) is 5.76 Å². The fraction of sp³-hybridized carbons (Fsp3) is 0.429. The van der Waals surface area contributed by atoms with Crippen LogP contribution in [0.1, 0.15) is 11.3 Å². The standard InChI is InChI=1S/C7H11NO/c1-6-3-7(4-8-2)5-9-6/h3,5,8H,4H2,1-2H3. The van der Waals surface area contributed by atoms with E-state index < -0.39 is 0 Å². The molecule has 2 nitrogen and oxygen atoms in total. The van der Waals surface area contributed by atoms with Crippen molar-refractivity contribution in [3.63, 3.8) is 0 Å². The fourth-order valence-electron chi connectivity index (χ4n) is 0.795. The molecule has 2 heteroatoms. The van der Waals surface area contributed by atoms with E-state index in [9.17, 15) is 0 Å². The van der Waals surface area contributed by atoms with E-state index in [4.69, 9.17) is 4.42 Å². The summed E-state index contributed by atoms with van der Waals surface area (Å²) in [4.78, 5) is 0. The predicted octanol–water partition coefficient (Wildman–Crippen LogP) is 1.31. The third-order valence-corrected chi connectivity index (χ3v) is 1.17. The largest absolute Gasteiger partial charge is 0.469 e. The van der Waals surface area contributed by atoms with E-state index in [0.29, 0.717) is 0 Å². The Bertz CT molecular complexity index is 181. The summed E-state index contributed by atoms with van der Waals surface area (Å²) in [6, 6.07) is 2.02. The predicted molar refractivity (Wildman–Crippen MR) is 36.2 cm³/mol. The van der Waals surface area contributed by atoms with Gasteiger partial charge in [-0.3, -0.25) is 0 Å². The summed E-state index contributed by atoms with van der Waals surface area (Å²) < 4.78 is 5.08. The molecule has 0 aliphatic heterocycles. The third-order valence-electron chi connectivity index (χ3n) is 1.17. The Labute approximate surface area is 54.9 Å². The molecule has 1 heterocycles. The van der Waals surface area contributed by atoms with Crippen LogP contribution in [0.4, 0.5) is 0 Å². The van der Waals surface area contributed by atoms with E-state index in [2.05, 4.69) is 5.32 Å². The molecular formula is C7H11NO. The van der Waals surface area contributed by atoms with Crippen LogP contribution in [0.2, 0.25) is 0 Å². The molecule has 9 heavy (non-hydrogen) atoms. The Morgan fingerprint density at radius 2 is 2.44 bits per heavy atom. The van der Waals surface area contributed by atoms with Gasteiger partial charge in [-0.25, -0.2) is 0 Å². The second-order valence-corrected chi connectivity index (χ2v) is 2.10. The number of furan rings is 1. The summed E-state index contributed by atoms with van der Waals surface area (Å²) in [5.41, 5.74) is 1.20. The van der Waals surface area contributed by atoms with Gasteiger partial charge in [0.05, 0.1) is 6.26 Å². The van der Waals surface area contributed by atoms with Crippen LogP contribution in [0.25, 0.3) is 0 Å². The Hall–Kier alpha value is -0.760. The highest BCUT2D eigenvalue weighted by Gasteiger charge is 1.93. The lowest BCUT2D eigenvalue weighted by molar-refractivity contribution is 0.531. The quantitative estimate of drug-likeness (QED) is 0.644. The summed E-state index contributed by atoms with van der Waals surface area (Å²) in [6.45, 7) is 2.83. The highest BCUT2D eigenvalue weighted by molar-refractivity contribution is 5.10. The molecule has 0 aliphatic carbocycles. The lowest BCUT2D eigenvalue weighted by Crippen LogP contribution is -2.03. The van der Waals surface area contributed by atoms with Gasteiger partial charge >= 0.3 is 0 Å². The molecule has 50 valence electrons. The average Bonchev–Trinajstić information content (AvgIpc) is 2.17. The molecule has 0 unspecified atom stereocenters. The van der Waals surface area contributed by atoms with Gasteiger partial charge in [0.25, 0.3) is 0 Å². The second-order valence-electron chi connectivity index (χ2n) is 2.10. The first-order valence-electron chi connectivity index (χ1n) is 3.01. The molecule has 0 aliphatic rings. The first-order chi connectivity index (χ1) is 4.33. The van der Waals surface area contributed by atoms with Crippen molar-refractivity contribution in [3.05, 3.63) is 23.7 Å². The van der Waals surface area contributed by atoms with Gasteiger partial charge in [-0.05, 0) is 20.0 Å². The van der Waals surface area contributed by atoms with Crippen LogP contribution >= 0.6 is 0 Å². The van der Waals surface area contributed by atoms with Crippen LogP contribution in [0.5, 0.6) is 0 Å². The minimum atomic E-state index is 0.886. The fourth-order valence-corrected chi connectivity index (χ4v) is 0.795. The maximum atomic E-state index is 5.08. The molecule has 0 radical (unpaired) electrons. The summed E-state index contributed by atoms with van der Waals surface area (Å²) in [5.74, 6) is 0.972.